The van der Waals surface area contributed by atoms with E-state index in [9.17, 15) is 0 Å². The maximum atomic E-state index is 5.26. The summed E-state index contributed by atoms with van der Waals surface area (Å²) in [7, 11) is 1.65. The fourth-order valence-corrected chi connectivity index (χ4v) is 1.77. The second-order valence-electron chi connectivity index (χ2n) is 2.46. The molecule has 0 unspecified atom stereocenters. The van der Waals surface area contributed by atoms with E-state index in [4.69, 9.17) is 10.6 Å². The van der Waals surface area contributed by atoms with Crippen LogP contribution in [0, 0.1) is 0 Å². The van der Waals surface area contributed by atoms with Crippen molar-refractivity contribution in [1.29, 1.82) is 0 Å². The van der Waals surface area contributed by atoms with Crippen LogP contribution >= 0.6 is 11.8 Å². The van der Waals surface area contributed by atoms with Gasteiger partial charge in [-0.05, 0) is 12.3 Å². The molecule has 0 radical (unpaired) electrons. The molecule has 72 valence electrons. The van der Waals surface area contributed by atoms with E-state index in [2.05, 4.69) is 4.84 Å². The summed E-state index contributed by atoms with van der Waals surface area (Å²) in [5, 5.41) is 0. The van der Waals surface area contributed by atoms with E-state index in [1.165, 1.54) is 0 Å². The van der Waals surface area contributed by atoms with Crippen LogP contribution in [0.1, 0.15) is 5.56 Å². The zero-order valence-corrected chi connectivity index (χ0v) is 8.56. The monoisotopic (exact) mass is 199 g/mol. The van der Waals surface area contributed by atoms with Crippen molar-refractivity contribution in [3.05, 3.63) is 23.8 Å². The molecule has 1 aromatic rings. The molecular formula is C9H13NO2S. The summed E-state index contributed by atoms with van der Waals surface area (Å²) in [5.74, 6) is 5.86. The molecular weight excluding hydrogens is 186 g/mol. The van der Waals surface area contributed by atoms with Crippen LogP contribution in [0.15, 0.2) is 23.1 Å². The third-order valence-corrected chi connectivity index (χ3v) is 2.48. The lowest BCUT2D eigenvalue weighted by molar-refractivity contribution is 0.121. The number of rotatable bonds is 4. The smallest absolute Gasteiger partial charge is 0.137 e. The average molecular weight is 199 g/mol. The molecule has 1 aromatic carbocycles. The van der Waals surface area contributed by atoms with Crippen LogP contribution in [-0.4, -0.2) is 13.4 Å². The van der Waals surface area contributed by atoms with Gasteiger partial charge in [0.1, 0.15) is 5.75 Å². The normalized spacial score (nSPS) is 10.1. The van der Waals surface area contributed by atoms with Gasteiger partial charge in [-0.3, -0.25) is 4.84 Å². The van der Waals surface area contributed by atoms with E-state index in [1.54, 1.807) is 18.9 Å². The SMILES string of the molecule is COc1c(CON)cccc1SC. The standard InChI is InChI=1S/C9H13NO2S/c1-11-9-7(6-12-10)4-3-5-8(9)13-2/h3-5H,6,10H2,1-2H3. The lowest BCUT2D eigenvalue weighted by Gasteiger charge is -2.10. The summed E-state index contributed by atoms with van der Waals surface area (Å²) in [5.41, 5.74) is 0.969. The molecule has 0 spiro atoms. The van der Waals surface area contributed by atoms with Gasteiger partial charge in [-0.2, -0.15) is 0 Å². The predicted molar refractivity (Wildman–Crippen MR) is 53.8 cm³/mol. The molecule has 0 saturated heterocycles. The second-order valence-corrected chi connectivity index (χ2v) is 3.31. The largest absolute Gasteiger partial charge is 0.495 e. The number of hydrogen-bond acceptors (Lipinski definition) is 4. The Hall–Kier alpha value is -0.710. The fraction of sp³-hybridized carbons (Fsp3) is 0.333. The Morgan fingerprint density at radius 1 is 1.46 bits per heavy atom. The Labute approximate surface area is 82.2 Å². The zero-order valence-electron chi connectivity index (χ0n) is 7.74. The van der Waals surface area contributed by atoms with Crippen molar-refractivity contribution in [2.45, 2.75) is 11.5 Å². The van der Waals surface area contributed by atoms with Crippen molar-refractivity contribution >= 4 is 11.8 Å². The number of hydrogen-bond donors (Lipinski definition) is 1. The van der Waals surface area contributed by atoms with Gasteiger partial charge in [0.15, 0.2) is 0 Å². The molecule has 13 heavy (non-hydrogen) atoms. The Kier molecular flexibility index (Phi) is 4.08. The van der Waals surface area contributed by atoms with E-state index in [0.717, 1.165) is 16.2 Å². The molecule has 0 bridgehead atoms. The summed E-state index contributed by atoms with van der Waals surface area (Å²) in [4.78, 5) is 5.68. The molecule has 0 saturated carbocycles. The Morgan fingerprint density at radius 3 is 2.77 bits per heavy atom. The summed E-state index contributed by atoms with van der Waals surface area (Å²) < 4.78 is 5.26. The first-order chi connectivity index (χ1) is 6.33. The average Bonchev–Trinajstić information content (AvgIpc) is 2.18. The van der Waals surface area contributed by atoms with Gasteiger partial charge in [-0.1, -0.05) is 12.1 Å². The third kappa shape index (κ3) is 2.37. The zero-order chi connectivity index (χ0) is 9.68. The third-order valence-electron chi connectivity index (χ3n) is 1.72. The highest BCUT2D eigenvalue weighted by molar-refractivity contribution is 7.98. The number of methoxy groups -OCH3 is 1. The maximum absolute atomic E-state index is 5.26. The Morgan fingerprint density at radius 2 is 2.23 bits per heavy atom. The van der Waals surface area contributed by atoms with Crippen LogP contribution in [0.2, 0.25) is 0 Å². The molecule has 0 amide bonds. The fourth-order valence-electron chi connectivity index (χ4n) is 1.16. The van der Waals surface area contributed by atoms with Gasteiger partial charge in [0.05, 0.1) is 13.7 Å². The highest BCUT2D eigenvalue weighted by atomic mass is 32.2. The Bertz CT molecular complexity index is 278. The summed E-state index contributed by atoms with van der Waals surface area (Å²) in [6.45, 7) is 0.373. The summed E-state index contributed by atoms with van der Waals surface area (Å²) in [6, 6.07) is 5.90. The number of ether oxygens (including phenoxy) is 1. The van der Waals surface area contributed by atoms with Gasteiger partial charge < -0.3 is 4.74 Å². The van der Waals surface area contributed by atoms with E-state index in [0.29, 0.717) is 6.61 Å². The molecule has 0 aliphatic heterocycles. The quantitative estimate of drug-likeness (QED) is 0.593. The first-order valence-corrected chi connectivity index (χ1v) is 5.07. The number of benzene rings is 1. The predicted octanol–water partition coefficient (Wildman–Crippen LogP) is 1.81. The van der Waals surface area contributed by atoms with Crippen LogP contribution < -0.4 is 10.6 Å². The van der Waals surface area contributed by atoms with Crippen molar-refractivity contribution < 1.29 is 9.57 Å². The number of thioether (sulfide) groups is 1. The topological polar surface area (TPSA) is 44.5 Å². The maximum Gasteiger partial charge on any atom is 0.137 e. The summed E-state index contributed by atoms with van der Waals surface area (Å²) >= 11 is 1.64. The molecule has 4 heteroatoms. The molecule has 0 heterocycles. The summed E-state index contributed by atoms with van der Waals surface area (Å²) in [6.07, 6.45) is 2.00. The van der Waals surface area contributed by atoms with E-state index >= 15 is 0 Å². The molecule has 0 aliphatic carbocycles. The van der Waals surface area contributed by atoms with Gasteiger partial charge in [-0.25, -0.2) is 5.90 Å². The molecule has 0 aromatic heterocycles. The van der Waals surface area contributed by atoms with Gasteiger partial charge in [0, 0.05) is 10.5 Å². The highest BCUT2D eigenvalue weighted by Gasteiger charge is 2.07. The van der Waals surface area contributed by atoms with Crippen molar-refractivity contribution in [2.24, 2.45) is 5.90 Å². The minimum absolute atomic E-state index is 0.373. The van der Waals surface area contributed by atoms with E-state index < -0.39 is 0 Å². The molecule has 0 atom stereocenters. The minimum Gasteiger partial charge on any atom is -0.495 e. The van der Waals surface area contributed by atoms with Crippen LogP contribution in [0.25, 0.3) is 0 Å². The van der Waals surface area contributed by atoms with Crippen molar-refractivity contribution in [3.8, 4) is 5.75 Å². The van der Waals surface area contributed by atoms with Crippen molar-refractivity contribution in [2.75, 3.05) is 13.4 Å². The van der Waals surface area contributed by atoms with Crippen LogP contribution in [-0.2, 0) is 11.4 Å². The molecule has 3 nitrogen and oxygen atoms in total. The molecule has 2 N–H and O–H groups in total. The first-order valence-electron chi connectivity index (χ1n) is 3.85. The molecule has 0 fully saturated rings. The van der Waals surface area contributed by atoms with E-state index in [-0.39, 0.29) is 0 Å². The minimum atomic E-state index is 0.373. The molecule has 1 rings (SSSR count). The number of nitrogens with two attached hydrogens (primary N) is 1. The molecule has 0 aliphatic rings. The second kappa shape index (κ2) is 5.11. The highest BCUT2D eigenvalue weighted by Crippen LogP contribution is 2.30. The van der Waals surface area contributed by atoms with Crippen molar-refractivity contribution in [1.82, 2.24) is 0 Å². The number of para-hydroxylation sites is 1. The van der Waals surface area contributed by atoms with Crippen LogP contribution in [0.3, 0.4) is 0 Å². The van der Waals surface area contributed by atoms with Crippen molar-refractivity contribution in [3.63, 3.8) is 0 Å². The van der Waals surface area contributed by atoms with Gasteiger partial charge in [0.2, 0.25) is 0 Å². The Balaban J connectivity index is 3.03. The van der Waals surface area contributed by atoms with Gasteiger partial charge in [0.25, 0.3) is 0 Å². The van der Waals surface area contributed by atoms with Gasteiger partial charge >= 0.3 is 0 Å². The first kappa shape index (κ1) is 10.4. The van der Waals surface area contributed by atoms with Crippen LogP contribution in [0.5, 0.6) is 5.75 Å². The van der Waals surface area contributed by atoms with Gasteiger partial charge in [-0.15, -0.1) is 11.8 Å². The lowest BCUT2D eigenvalue weighted by Crippen LogP contribution is -2.01. The van der Waals surface area contributed by atoms with E-state index in [1.807, 2.05) is 24.5 Å². The van der Waals surface area contributed by atoms with Crippen LogP contribution in [0.4, 0.5) is 0 Å². The lowest BCUT2D eigenvalue weighted by atomic mass is 10.2.